The van der Waals surface area contributed by atoms with E-state index in [1.54, 1.807) is 11.0 Å². The molecule has 9 heteroatoms. The summed E-state index contributed by atoms with van der Waals surface area (Å²) < 4.78 is 7.27. The van der Waals surface area contributed by atoms with Gasteiger partial charge in [-0.3, -0.25) is 4.79 Å². The monoisotopic (exact) mass is 407 g/mol. The summed E-state index contributed by atoms with van der Waals surface area (Å²) in [5.74, 6) is 2.32. The summed E-state index contributed by atoms with van der Waals surface area (Å²) in [7, 11) is 0. The van der Waals surface area contributed by atoms with Gasteiger partial charge in [0.2, 0.25) is 0 Å². The Morgan fingerprint density at radius 2 is 1.80 bits per heavy atom. The summed E-state index contributed by atoms with van der Waals surface area (Å²) in [5.41, 5.74) is 0.682. The zero-order valence-electron chi connectivity index (χ0n) is 17.0. The number of hydrogen-bond donors (Lipinski definition) is 0. The average Bonchev–Trinajstić information content (AvgIpc) is 3.35. The topological polar surface area (TPSA) is 89.3 Å². The first kappa shape index (κ1) is 19.8. The summed E-state index contributed by atoms with van der Waals surface area (Å²) in [4.78, 5) is 29.4. The van der Waals surface area contributed by atoms with E-state index >= 15 is 0 Å². The minimum atomic E-state index is 0.0424. The molecule has 30 heavy (non-hydrogen) atoms. The second kappa shape index (κ2) is 9.34. The Balaban J connectivity index is 1.34. The summed E-state index contributed by atoms with van der Waals surface area (Å²) in [5, 5.41) is 4.10. The van der Waals surface area contributed by atoms with Gasteiger partial charge in [-0.1, -0.05) is 13.3 Å². The number of carbonyl (C=O) groups excluding carboxylic acids is 1. The van der Waals surface area contributed by atoms with Gasteiger partial charge in [0.15, 0.2) is 5.82 Å². The molecule has 3 heterocycles. The number of hydrogen-bond acceptors (Lipinski definition) is 7. The van der Waals surface area contributed by atoms with E-state index in [9.17, 15) is 4.79 Å². The number of piperazine rings is 1. The van der Waals surface area contributed by atoms with E-state index < -0.39 is 0 Å². The van der Waals surface area contributed by atoms with Crippen LogP contribution in [0.5, 0.6) is 5.75 Å². The van der Waals surface area contributed by atoms with E-state index in [-0.39, 0.29) is 5.91 Å². The highest BCUT2D eigenvalue weighted by Gasteiger charge is 2.23. The maximum atomic E-state index is 12.8. The third kappa shape index (κ3) is 4.56. The van der Waals surface area contributed by atoms with Crippen LogP contribution in [0.4, 0.5) is 5.82 Å². The molecule has 0 saturated carbocycles. The van der Waals surface area contributed by atoms with Crippen molar-refractivity contribution in [1.29, 1.82) is 0 Å². The number of rotatable bonds is 7. The number of nitrogens with zero attached hydrogens (tertiary/aromatic N) is 7. The first-order valence-electron chi connectivity index (χ1n) is 10.2. The van der Waals surface area contributed by atoms with E-state index in [4.69, 9.17) is 4.74 Å². The van der Waals surface area contributed by atoms with Crippen LogP contribution in [0.1, 0.15) is 30.1 Å². The van der Waals surface area contributed by atoms with E-state index in [0.717, 1.165) is 24.4 Å². The summed E-state index contributed by atoms with van der Waals surface area (Å²) in [6, 6.07) is 9.29. The molecule has 0 spiro atoms. The lowest BCUT2D eigenvalue weighted by Crippen LogP contribution is -2.49. The fourth-order valence-electron chi connectivity index (χ4n) is 3.31. The lowest BCUT2D eigenvalue weighted by molar-refractivity contribution is 0.0746. The molecule has 4 rings (SSSR count). The van der Waals surface area contributed by atoms with Gasteiger partial charge in [0.05, 0.1) is 6.61 Å². The maximum absolute atomic E-state index is 12.8. The van der Waals surface area contributed by atoms with Crippen LogP contribution >= 0.6 is 0 Å². The van der Waals surface area contributed by atoms with Crippen molar-refractivity contribution < 1.29 is 9.53 Å². The summed E-state index contributed by atoms with van der Waals surface area (Å²) in [6.45, 7) is 5.51. The van der Waals surface area contributed by atoms with Crippen LogP contribution in [0, 0.1) is 0 Å². The Labute approximate surface area is 175 Å². The molecule has 1 aromatic carbocycles. The number of carbonyl (C=O) groups is 1. The van der Waals surface area contributed by atoms with Crippen molar-refractivity contribution in [2.24, 2.45) is 0 Å². The maximum Gasteiger partial charge on any atom is 0.253 e. The molecule has 1 aliphatic rings. The van der Waals surface area contributed by atoms with Crippen LogP contribution in [0.25, 0.3) is 5.82 Å². The number of anilines is 1. The second-order valence-electron chi connectivity index (χ2n) is 7.08. The van der Waals surface area contributed by atoms with Crippen molar-refractivity contribution in [3.05, 3.63) is 54.9 Å². The highest BCUT2D eigenvalue weighted by atomic mass is 16.5. The normalized spacial score (nSPS) is 14.0. The van der Waals surface area contributed by atoms with E-state index in [0.29, 0.717) is 44.2 Å². The predicted octanol–water partition coefficient (Wildman–Crippen LogP) is 2.20. The number of benzene rings is 1. The summed E-state index contributed by atoms with van der Waals surface area (Å²) in [6.07, 6.45) is 6.71. The number of ether oxygens (including phenoxy) is 1. The third-order valence-electron chi connectivity index (χ3n) is 5.05. The second-order valence-corrected chi connectivity index (χ2v) is 7.08. The molecule has 0 aliphatic carbocycles. The minimum Gasteiger partial charge on any atom is -0.494 e. The number of unbranched alkanes of at least 4 members (excludes halogenated alkanes) is 1. The summed E-state index contributed by atoms with van der Waals surface area (Å²) >= 11 is 0. The van der Waals surface area contributed by atoms with Gasteiger partial charge in [-0.25, -0.2) is 19.6 Å². The number of amides is 1. The minimum absolute atomic E-state index is 0.0424. The van der Waals surface area contributed by atoms with E-state index in [1.165, 1.54) is 12.7 Å². The van der Waals surface area contributed by atoms with Crippen molar-refractivity contribution in [3.63, 3.8) is 0 Å². The molecule has 2 aromatic heterocycles. The molecular formula is C21H25N7O2. The van der Waals surface area contributed by atoms with Crippen LogP contribution in [-0.2, 0) is 0 Å². The van der Waals surface area contributed by atoms with Gasteiger partial charge in [-0.15, -0.1) is 0 Å². The van der Waals surface area contributed by atoms with Crippen molar-refractivity contribution in [2.75, 3.05) is 37.7 Å². The Kier molecular flexibility index (Phi) is 6.17. The lowest BCUT2D eigenvalue weighted by atomic mass is 10.1. The molecule has 156 valence electrons. The standard InChI is InChI=1S/C21H25N7O2/c1-2-3-12-30-18-6-4-17(5-7-18)21(29)27-10-8-26(9-11-27)19-13-20(24-15-23-19)28-16-22-14-25-28/h4-7,13-16H,2-3,8-12H2,1H3. The first-order chi connectivity index (χ1) is 14.7. The SMILES string of the molecule is CCCCOc1ccc(C(=O)N2CCN(c3cc(-n4cncn4)ncn3)CC2)cc1. The molecule has 0 radical (unpaired) electrons. The van der Waals surface area contributed by atoms with Gasteiger partial charge in [-0.05, 0) is 30.7 Å². The van der Waals surface area contributed by atoms with Crippen molar-refractivity contribution in [2.45, 2.75) is 19.8 Å². The van der Waals surface area contributed by atoms with Gasteiger partial charge in [0, 0.05) is 37.8 Å². The Morgan fingerprint density at radius 3 is 2.50 bits per heavy atom. The van der Waals surface area contributed by atoms with Crippen molar-refractivity contribution in [1.82, 2.24) is 29.6 Å². The molecule has 1 fully saturated rings. The largest absolute Gasteiger partial charge is 0.494 e. The zero-order valence-corrected chi connectivity index (χ0v) is 17.0. The highest BCUT2D eigenvalue weighted by molar-refractivity contribution is 5.94. The zero-order chi connectivity index (χ0) is 20.8. The highest BCUT2D eigenvalue weighted by Crippen LogP contribution is 2.18. The van der Waals surface area contributed by atoms with E-state index in [1.807, 2.05) is 35.2 Å². The van der Waals surface area contributed by atoms with Crippen LogP contribution in [0.2, 0.25) is 0 Å². The van der Waals surface area contributed by atoms with Gasteiger partial charge < -0.3 is 14.5 Å². The molecule has 0 unspecified atom stereocenters. The fourth-order valence-corrected chi connectivity index (χ4v) is 3.31. The third-order valence-corrected chi connectivity index (χ3v) is 5.05. The Morgan fingerprint density at radius 1 is 1.03 bits per heavy atom. The Hall–Kier alpha value is -3.49. The van der Waals surface area contributed by atoms with Crippen LogP contribution in [0.15, 0.2) is 49.3 Å². The molecule has 0 N–H and O–H groups in total. The Bertz CT molecular complexity index is 952. The van der Waals surface area contributed by atoms with Gasteiger partial charge in [-0.2, -0.15) is 5.10 Å². The molecule has 3 aromatic rings. The molecule has 9 nitrogen and oxygen atoms in total. The smallest absolute Gasteiger partial charge is 0.253 e. The molecule has 0 atom stereocenters. The first-order valence-corrected chi connectivity index (χ1v) is 10.2. The van der Waals surface area contributed by atoms with Gasteiger partial charge in [0.25, 0.3) is 5.91 Å². The molecule has 0 bridgehead atoms. The van der Waals surface area contributed by atoms with Gasteiger partial charge >= 0.3 is 0 Å². The van der Waals surface area contributed by atoms with Crippen LogP contribution < -0.4 is 9.64 Å². The van der Waals surface area contributed by atoms with Crippen LogP contribution in [0.3, 0.4) is 0 Å². The van der Waals surface area contributed by atoms with Crippen LogP contribution in [-0.4, -0.2) is 68.3 Å². The number of aromatic nitrogens is 5. The molecular weight excluding hydrogens is 382 g/mol. The predicted molar refractivity (Wildman–Crippen MR) is 112 cm³/mol. The molecule has 1 amide bonds. The molecule has 1 aliphatic heterocycles. The quantitative estimate of drug-likeness (QED) is 0.555. The lowest BCUT2D eigenvalue weighted by Gasteiger charge is -2.35. The van der Waals surface area contributed by atoms with E-state index in [2.05, 4.69) is 31.9 Å². The van der Waals surface area contributed by atoms with Crippen molar-refractivity contribution in [3.8, 4) is 11.6 Å². The molecule has 1 saturated heterocycles. The van der Waals surface area contributed by atoms with Crippen molar-refractivity contribution >= 4 is 11.7 Å². The fraction of sp³-hybridized carbons (Fsp3) is 0.381. The average molecular weight is 407 g/mol. The van der Waals surface area contributed by atoms with Gasteiger partial charge in [0.1, 0.15) is 30.5 Å².